The minimum absolute atomic E-state index is 0.288. The lowest BCUT2D eigenvalue weighted by atomic mass is 9.99. The third kappa shape index (κ3) is 1.78. The molecule has 1 unspecified atom stereocenters. The summed E-state index contributed by atoms with van der Waals surface area (Å²) in [4.78, 5) is 13.9. The summed E-state index contributed by atoms with van der Waals surface area (Å²) in [5, 5.41) is 3.30. The van der Waals surface area contributed by atoms with Gasteiger partial charge >= 0.3 is 0 Å². The number of hydrogen-bond acceptors (Lipinski definition) is 2. The van der Waals surface area contributed by atoms with Gasteiger partial charge in [-0.25, -0.2) is 0 Å². The van der Waals surface area contributed by atoms with Crippen LogP contribution in [-0.4, -0.2) is 29.6 Å². The molecule has 1 aliphatic heterocycles. The second-order valence-electron chi connectivity index (χ2n) is 4.82. The second kappa shape index (κ2) is 3.54. The molecule has 2 rings (SSSR count). The highest BCUT2D eigenvalue weighted by atomic mass is 16.2. The van der Waals surface area contributed by atoms with Gasteiger partial charge < -0.3 is 4.90 Å². The van der Waals surface area contributed by atoms with E-state index in [2.05, 4.69) is 12.2 Å². The maximum Gasteiger partial charge on any atom is 0.243 e. The minimum Gasteiger partial charge on any atom is -0.328 e. The van der Waals surface area contributed by atoms with Gasteiger partial charge in [0.1, 0.15) is 0 Å². The molecule has 0 radical (unpaired) electrons. The molecule has 2 aliphatic rings. The van der Waals surface area contributed by atoms with Crippen LogP contribution in [0.1, 0.15) is 39.5 Å². The Morgan fingerprint density at radius 2 is 2.29 bits per heavy atom. The van der Waals surface area contributed by atoms with E-state index in [0.29, 0.717) is 5.91 Å². The summed E-state index contributed by atoms with van der Waals surface area (Å²) in [7, 11) is 0. The van der Waals surface area contributed by atoms with Crippen LogP contribution in [0.5, 0.6) is 0 Å². The molecular weight excluding hydrogens is 176 g/mol. The highest BCUT2D eigenvalue weighted by molar-refractivity contribution is 5.87. The third-order valence-electron chi connectivity index (χ3n) is 3.63. The molecule has 3 heteroatoms. The summed E-state index contributed by atoms with van der Waals surface area (Å²) in [6, 6.07) is 0. The Hall–Kier alpha value is -0.570. The lowest BCUT2D eigenvalue weighted by Gasteiger charge is -2.20. The number of rotatable bonds is 4. The molecule has 1 atom stereocenters. The number of amides is 1. The van der Waals surface area contributed by atoms with Crippen molar-refractivity contribution in [2.24, 2.45) is 5.92 Å². The first-order valence-corrected chi connectivity index (χ1v) is 5.70. The minimum atomic E-state index is -0.288. The maximum absolute atomic E-state index is 12.0. The van der Waals surface area contributed by atoms with E-state index < -0.39 is 0 Å². The van der Waals surface area contributed by atoms with Gasteiger partial charge in [0.2, 0.25) is 5.91 Å². The lowest BCUT2D eigenvalue weighted by Crippen LogP contribution is -2.43. The monoisotopic (exact) mass is 196 g/mol. The van der Waals surface area contributed by atoms with E-state index in [1.54, 1.807) is 0 Å². The van der Waals surface area contributed by atoms with E-state index in [-0.39, 0.29) is 5.54 Å². The van der Waals surface area contributed by atoms with Crippen LogP contribution < -0.4 is 5.32 Å². The normalized spacial score (nSPS) is 32.7. The highest BCUT2D eigenvalue weighted by Gasteiger charge is 2.40. The van der Waals surface area contributed by atoms with Crippen LogP contribution in [0, 0.1) is 5.92 Å². The van der Waals surface area contributed by atoms with Gasteiger partial charge in [0.15, 0.2) is 0 Å². The van der Waals surface area contributed by atoms with E-state index in [9.17, 15) is 4.79 Å². The first-order valence-electron chi connectivity index (χ1n) is 5.70. The molecule has 1 amide bonds. The predicted molar refractivity (Wildman–Crippen MR) is 55.8 cm³/mol. The zero-order valence-electron chi connectivity index (χ0n) is 9.18. The van der Waals surface area contributed by atoms with Crippen LogP contribution in [0.2, 0.25) is 0 Å². The fourth-order valence-corrected chi connectivity index (χ4v) is 1.97. The van der Waals surface area contributed by atoms with Crippen LogP contribution in [0.4, 0.5) is 0 Å². The van der Waals surface area contributed by atoms with Gasteiger partial charge in [-0.15, -0.1) is 0 Å². The number of nitrogens with zero attached hydrogens (tertiary/aromatic N) is 1. The molecular formula is C11H20N2O. The molecule has 1 aliphatic carbocycles. The summed E-state index contributed by atoms with van der Waals surface area (Å²) in [5.41, 5.74) is -0.288. The van der Waals surface area contributed by atoms with Crippen molar-refractivity contribution in [2.45, 2.75) is 45.1 Å². The van der Waals surface area contributed by atoms with Gasteiger partial charge in [-0.2, -0.15) is 0 Å². The van der Waals surface area contributed by atoms with E-state index >= 15 is 0 Å². The average Bonchev–Trinajstić information content (AvgIpc) is 2.96. The van der Waals surface area contributed by atoms with E-state index in [1.165, 1.54) is 19.3 Å². The Labute approximate surface area is 85.8 Å². The fraction of sp³-hybridized carbons (Fsp3) is 0.909. The lowest BCUT2D eigenvalue weighted by molar-refractivity contribution is -0.132. The van der Waals surface area contributed by atoms with Gasteiger partial charge in [-0.05, 0) is 25.7 Å². The summed E-state index contributed by atoms with van der Waals surface area (Å²) in [6.07, 6.45) is 4.83. The Bertz CT molecular complexity index is 237. The third-order valence-corrected chi connectivity index (χ3v) is 3.63. The van der Waals surface area contributed by atoms with Crippen LogP contribution >= 0.6 is 0 Å². The molecule has 0 spiro atoms. The van der Waals surface area contributed by atoms with Crippen molar-refractivity contribution in [3.63, 3.8) is 0 Å². The molecule has 3 nitrogen and oxygen atoms in total. The van der Waals surface area contributed by atoms with Crippen molar-refractivity contribution in [1.82, 2.24) is 10.2 Å². The first-order chi connectivity index (χ1) is 6.65. The van der Waals surface area contributed by atoms with Crippen molar-refractivity contribution in [3.8, 4) is 0 Å². The summed E-state index contributed by atoms with van der Waals surface area (Å²) >= 11 is 0. The molecule has 0 aromatic carbocycles. The number of hydrogen-bond donors (Lipinski definition) is 1. The smallest absolute Gasteiger partial charge is 0.243 e. The second-order valence-corrected chi connectivity index (χ2v) is 4.82. The Morgan fingerprint density at radius 3 is 2.79 bits per heavy atom. The van der Waals surface area contributed by atoms with Crippen molar-refractivity contribution in [1.29, 1.82) is 0 Å². The Balaban J connectivity index is 1.85. The predicted octanol–water partition coefficient (Wildman–Crippen LogP) is 1.34. The van der Waals surface area contributed by atoms with E-state index in [0.717, 1.165) is 25.6 Å². The Kier molecular flexibility index (Phi) is 2.52. The molecule has 1 saturated heterocycles. The zero-order chi connectivity index (χ0) is 10.2. The van der Waals surface area contributed by atoms with Gasteiger partial charge in [0, 0.05) is 6.54 Å². The van der Waals surface area contributed by atoms with Crippen molar-refractivity contribution in [3.05, 3.63) is 0 Å². The zero-order valence-corrected chi connectivity index (χ0v) is 9.18. The summed E-state index contributed by atoms with van der Waals surface area (Å²) in [6.45, 7) is 5.77. The molecule has 1 heterocycles. The number of nitrogens with one attached hydrogen (secondary N) is 1. The molecule has 80 valence electrons. The molecule has 1 N–H and O–H groups in total. The molecule has 14 heavy (non-hydrogen) atoms. The van der Waals surface area contributed by atoms with Crippen LogP contribution in [-0.2, 0) is 4.79 Å². The Morgan fingerprint density at radius 1 is 1.57 bits per heavy atom. The van der Waals surface area contributed by atoms with Crippen molar-refractivity contribution in [2.75, 3.05) is 13.2 Å². The highest BCUT2D eigenvalue weighted by Crippen LogP contribution is 2.33. The van der Waals surface area contributed by atoms with Gasteiger partial charge in [0.25, 0.3) is 0 Å². The molecule has 0 aromatic heterocycles. The van der Waals surface area contributed by atoms with Crippen LogP contribution in [0.25, 0.3) is 0 Å². The summed E-state index contributed by atoms with van der Waals surface area (Å²) in [5.74, 6) is 1.21. The largest absolute Gasteiger partial charge is 0.328 e. The standard InChI is InChI=1S/C11H20N2O/c1-3-11(2)10(14)13(8-12-11)7-6-9-4-5-9/h9,12H,3-8H2,1-2H3. The first kappa shape index (κ1) is 9.97. The number of carbonyl (C=O) groups is 1. The molecule has 1 saturated carbocycles. The summed E-state index contributed by atoms with van der Waals surface area (Å²) < 4.78 is 0. The quantitative estimate of drug-likeness (QED) is 0.736. The SMILES string of the molecule is CCC1(C)NCN(CCC2CC2)C1=O. The van der Waals surface area contributed by atoms with Crippen molar-refractivity contribution < 1.29 is 4.79 Å². The maximum atomic E-state index is 12.0. The van der Waals surface area contributed by atoms with Crippen LogP contribution in [0.15, 0.2) is 0 Å². The fourth-order valence-electron chi connectivity index (χ4n) is 1.97. The molecule has 0 bridgehead atoms. The molecule has 0 aromatic rings. The average molecular weight is 196 g/mol. The van der Waals surface area contributed by atoms with Gasteiger partial charge in [-0.3, -0.25) is 10.1 Å². The van der Waals surface area contributed by atoms with Gasteiger partial charge in [-0.1, -0.05) is 19.8 Å². The van der Waals surface area contributed by atoms with Crippen LogP contribution in [0.3, 0.4) is 0 Å². The van der Waals surface area contributed by atoms with E-state index in [1.807, 2.05) is 11.8 Å². The number of carbonyl (C=O) groups excluding carboxylic acids is 1. The van der Waals surface area contributed by atoms with E-state index in [4.69, 9.17) is 0 Å². The van der Waals surface area contributed by atoms with Crippen molar-refractivity contribution >= 4 is 5.91 Å². The topological polar surface area (TPSA) is 32.3 Å². The molecule has 2 fully saturated rings. The van der Waals surface area contributed by atoms with Gasteiger partial charge in [0.05, 0.1) is 12.2 Å².